The molecular weight excluding hydrogens is 376 g/mol. The maximum absolute atomic E-state index is 12.6. The molecule has 6 nitrogen and oxygen atoms in total. The first kappa shape index (κ1) is 18.9. The molecule has 140 valence electrons. The van der Waals surface area contributed by atoms with Crippen LogP contribution in [-0.2, 0) is 10.0 Å². The van der Waals surface area contributed by atoms with Crippen LogP contribution in [0.25, 0.3) is 0 Å². The van der Waals surface area contributed by atoms with Gasteiger partial charge in [-0.2, -0.15) is 0 Å². The van der Waals surface area contributed by atoms with Gasteiger partial charge >= 0.3 is 0 Å². The maximum Gasteiger partial charge on any atom is 0.255 e. The SMILES string of the molecule is COc1ccc(Cl)cc1C(=O)N[C@@H]1[C@H](C)[C@H]1C1C=CC(S(N)(=O)=O)=CC1. The smallest absolute Gasteiger partial charge is 0.255 e. The van der Waals surface area contributed by atoms with Crippen LogP contribution in [-0.4, -0.2) is 27.5 Å². The zero-order chi connectivity index (χ0) is 19.1. The van der Waals surface area contributed by atoms with Crippen LogP contribution < -0.4 is 15.2 Å². The van der Waals surface area contributed by atoms with Gasteiger partial charge < -0.3 is 10.1 Å². The van der Waals surface area contributed by atoms with Gasteiger partial charge in [-0.1, -0.05) is 30.7 Å². The fourth-order valence-corrected chi connectivity index (χ4v) is 4.35. The lowest BCUT2D eigenvalue weighted by molar-refractivity contribution is 0.0944. The number of primary sulfonamides is 1. The monoisotopic (exact) mass is 396 g/mol. The number of halogens is 1. The molecule has 1 saturated carbocycles. The van der Waals surface area contributed by atoms with Crippen molar-refractivity contribution in [3.05, 3.63) is 51.9 Å². The molecule has 1 fully saturated rings. The number of amides is 1. The molecule has 0 radical (unpaired) electrons. The number of rotatable bonds is 5. The summed E-state index contributed by atoms with van der Waals surface area (Å²) in [6, 6.07) is 4.93. The molecule has 4 atom stereocenters. The predicted molar refractivity (Wildman–Crippen MR) is 100 cm³/mol. The van der Waals surface area contributed by atoms with Crippen molar-refractivity contribution in [2.45, 2.75) is 19.4 Å². The van der Waals surface area contributed by atoms with Crippen LogP contribution in [0.5, 0.6) is 5.75 Å². The Morgan fingerprint density at radius 1 is 1.38 bits per heavy atom. The van der Waals surface area contributed by atoms with Gasteiger partial charge in [-0.05, 0) is 48.4 Å². The minimum Gasteiger partial charge on any atom is -0.496 e. The summed E-state index contributed by atoms with van der Waals surface area (Å²) in [5, 5.41) is 8.65. The summed E-state index contributed by atoms with van der Waals surface area (Å²) in [5.74, 6) is 0.947. The summed E-state index contributed by atoms with van der Waals surface area (Å²) < 4.78 is 28.0. The zero-order valence-corrected chi connectivity index (χ0v) is 16.0. The van der Waals surface area contributed by atoms with E-state index in [0.717, 1.165) is 0 Å². The van der Waals surface area contributed by atoms with E-state index < -0.39 is 10.0 Å². The molecule has 0 saturated heterocycles. The highest BCUT2D eigenvalue weighted by atomic mass is 35.5. The van der Waals surface area contributed by atoms with Crippen molar-refractivity contribution < 1.29 is 17.9 Å². The molecule has 0 bridgehead atoms. The van der Waals surface area contributed by atoms with Gasteiger partial charge in [0.25, 0.3) is 5.91 Å². The van der Waals surface area contributed by atoms with Gasteiger partial charge in [0, 0.05) is 11.1 Å². The Morgan fingerprint density at radius 3 is 2.69 bits per heavy atom. The first-order valence-corrected chi connectivity index (χ1v) is 10.2. The summed E-state index contributed by atoms with van der Waals surface area (Å²) in [4.78, 5) is 12.8. The van der Waals surface area contributed by atoms with Crippen molar-refractivity contribution in [3.63, 3.8) is 0 Å². The van der Waals surface area contributed by atoms with Crippen LogP contribution >= 0.6 is 11.6 Å². The lowest BCUT2D eigenvalue weighted by Gasteiger charge is -2.16. The normalized spacial score (nSPS) is 27.6. The summed E-state index contributed by atoms with van der Waals surface area (Å²) in [7, 11) is -2.17. The van der Waals surface area contributed by atoms with Gasteiger partial charge in [0.05, 0.1) is 17.6 Å². The van der Waals surface area contributed by atoms with Crippen LogP contribution in [0.1, 0.15) is 23.7 Å². The molecule has 0 aromatic heterocycles. The van der Waals surface area contributed by atoms with Crippen LogP contribution in [0, 0.1) is 17.8 Å². The molecule has 2 aliphatic carbocycles. The Balaban J connectivity index is 1.67. The van der Waals surface area contributed by atoms with E-state index in [1.165, 1.54) is 7.11 Å². The van der Waals surface area contributed by atoms with Gasteiger partial charge in [0.15, 0.2) is 0 Å². The number of nitrogens with one attached hydrogen (secondary N) is 1. The number of sulfonamides is 1. The maximum atomic E-state index is 12.6. The highest BCUT2D eigenvalue weighted by molar-refractivity contribution is 7.93. The fourth-order valence-electron chi connectivity index (χ4n) is 3.58. The summed E-state index contributed by atoms with van der Waals surface area (Å²) in [6.45, 7) is 2.07. The third-order valence-electron chi connectivity index (χ3n) is 5.07. The summed E-state index contributed by atoms with van der Waals surface area (Å²) in [6.07, 6.45) is 5.65. The molecule has 8 heteroatoms. The van der Waals surface area contributed by atoms with Crippen molar-refractivity contribution in [3.8, 4) is 5.75 Å². The summed E-state index contributed by atoms with van der Waals surface area (Å²) in [5.41, 5.74) is 0.397. The number of carbonyl (C=O) groups is 1. The van der Waals surface area contributed by atoms with E-state index in [1.807, 2.05) is 6.08 Å². The highest BCUT2D eigenvalue weighted by Crippen LogP contribution is 2.47. The second-order valence-corrected chi connectivity index (χ2v) is 8.69. The fraction of sp³-hybridized carbons (Fsp3) is 0.389. The molecule has 0 aliphatic heterocycles. The zero-order valence-electron chi connectivity index (χ0n) is 14.5. The predicted octanol–water partition coefficient (Wildman–Crippen LogP) is 2.46. The molecule has 3 N–H and O–H groups in total. The molecule has 2 aliphatic rings. The standard InChI is InChI=1S/C18H21ClN2O4S/c1-10-16(11-3-6-13(7-4-11)26(20,23)24)17(10)21-18(22)14-9-12(19)5-8-15(14)25-2/h3,5-11,16-17H,4H2,1-2H3,(H,21,22)(H2,20,23,24)/t10-,11?,16+,17-/m1/s1. The second kappa shape index (κ2) is 7.06. The average molecular weight is 397 g/mol. The number of nitrogens with two attached hydrogens (primary N) is 1. The Morgan fingerprint density at radius 2 is 2.12 bits per heavy atom. The summed E-state index contributed by atoms with van der Waals surface area (Å²) >= 11 is 5.99. The van der Waals surface area contributed by atoms with E-state index in [-0.39, 0.29) is 28.7 Å². The van der Waals surface area contributed by atoms with Crippen molar-refractivity contribution in [2.75, 3.05) is 7.11 Å². The number of hydrogen-bond acceptors (Lipinski definition) is 4. The Bertz CT molecular complexity index is 894. The Labute approximate surface area is 158 Å². The van der Waals surface area contributed by atoms with Gasteiger partial charge in [-0.25, -0.2) is 13.6 Å². The van der Waals surface area contributed by atoms with Gasteiger partial charge in [0.2, 0.25) is 10.0 Å². The van der Waals surface area contributed by atoms with E-state index in [2.05, 4.69) is 12.2 Å². The minimum absolute atomic E-state index is 0.0188. The average Bonchev–Trinajstić information content (AvgIpc) is 3.23. The molecule has 1 amide bonds. The Hall–Kier alpha value is -1.83. The molecule has 0 spiro atoms. The van der Waals surface area contributed by atoms with Crippen LogP contribution in [0.3, 0.4) is 0 Å². The number of hydrogen-bond donors (Lipinski definition) is 2. The van der Waals surface area contributed by atoms with E-state index in [0.29, 0.717) is 28.7 Å². The van der Waals surface area contributed by atoms with E-state index in [9.17, 15) is 13.2 Å². The minimum atomic E-state index is -3.67. The first-order valence-electron chi connectivity index (χ1n) is 8.28. The molecule has 0 heterocycles. The number of carbonyl (C=O) groups excluding carboxylic acids is 1. The van der Waals surface area contributed by atoms with Crippen LogP contribution in [0.15, 0.2) is 41.3 Å². The molecule has 26 heavy (non-hydrogen) atoms. The van der Waals surface area contributed by atoms with E-state index in [4.69, 9.17) is 21.5 Å². The molecular formula is C18H21ClN2O4S. The molecule has 1 aromatic carbocycles. The van der Waals surface area contributed by atoms with Crippen molar-refractivity contribution in [2.24, 2.45) is 22.9 Å². The van der Waals surface area contributed by atoms with Gasteiger partial charge in [-0.3, -0.25) is 4.79 Å². The topological polar surface area (TPSA) is 98.5 Å². The second-order valence-electron chi connectivity index (χ2n) is 6.69. The van der Waals surface area contributed by atoms with Crippen LogP contribution in [0.2, 0.25) is 5.02 Å². The lowest BCUT2D eigenvalue weighted by atomic mass is 9.94. The van der Waals surface area contributed by atoms with E-state index in [1.54, 1.807) is 30.4 Å². The third kappa shape index (κ3) is 3.79. The Kier molecular flexibility index (Phi) is 5.14. The number of methoxy groups -OCH3 is 1. The number of benzene rings is 1. The lowest BCUT2D eigenvalue weighted by Crippen LogP contribution is -2.29. The highest BCUT2D eigenvalue weighted by Gasteiger charge is 2.51. The quantitative estimate of drug-likeness (QED) is 0.798. The van der Waals surface area contributed by atoms with Crippen molar-refractivity contribution in [1.29, 1.82) is 0 Å². The van der Waals surface area contributed by atoms with Crippen molar-refractivity contribution in [1.82, 2.24) is 5.32 Å². The largest absolute Gasteiger partial charge is 0.496 e. The molecule has 1 aromatic rings. The third-order valence-corrected chi connectivity index (χ3v) is 6.27. The molecule has 3 rings (SSSR count). The first-order chi connectivity index (χ1) is 12.2. The van der Waals surface area contributed by atoms with E-state index >= 15 is 0 Å². The van der Waals surface area contributed by atoms with Crippen LogP contribution in [0.4, 0.5) is 0 Å². The van der Waals surface area contributed by atoms with Gasteiger partial charge in [0.1, 0.15) is 5.75 Å². The number of allylic oxidation sites excluding steroid dienone is 3. The van der Waals surface area contributed by atoms with Crippen molar-refractivity contribution >= 4 is 27.5 Å². The van der Waals surface area contributed by atoms with Gasteiger partial charge in [-0.15, -0.1) is 0 Å². The molecule has 1 unspecified atom stereocenters. The number of ether oxygens (including phenoxy) is 1.